The van der Waals surface area contributed by atoms with Crippen LogP contribution in [0.25, 0.3) is 5.69 Å². The van der Waals surface area contributed by atoms with E-state index in [1.54, 1.807) is 18.6 Å². The Morgan fingerprint density at radius 1 is 1.43 bits per heavy atom. The summed E-state index contributed by atoms with van der Waals surface area (Å²) >= 11 is 0. The molecule has 68 valence electrons. The van der Waals surface area contributed by atoms with E-state index in [1.807, 2.05) is 29.8 Å². The zero-order valence-corrected chi connectivity index (χ0v) is 7.68. The number of aromatic nitrogens is 3. The molecule has 0 aliphatic carbocycles. The van der Waals surface area contributed by atoms with Crippen molar-refractivity contribution in [2.45, 2.75) is 6.92 Å². The van der Waals surface area contributed by atoms with Gasteiger partial charge in [-0.05, 0) is 19.1 Å². The van der Waals surface area contributed by atoms with Gasteiger partial charge in [-0.2, -0.15) is 5.26 Å². The molecule has 0 saturated carbocycles. The highest BCUT2D eigenvalue weighted by atomic mass is 15.0. The fourth-order valence-electron chi connectivity index (χ4n) is 1.27. The SMILES string of the molecule is Cc1cc(-n2ccnc2)cc(C#N)n1. The van der Waals surface area contributed by atoms with Gasteiger partial charge in [0, 0.05) is 18.1 Å². The Morgan fingerprint density at radius 2 is 2.29 bits per heavy atom. The molecule has 2 rings (SSSR count). The van der Waals surface area contributed by atoms with E-state index in [9.17, 15) is 0 Å². The maximum atomic E-state index is 8.75. The molecule has 0 atom stereocenters. The normalized spacial score (nSPS) is 9.71. The van der Waals surface area contributed by atoms with Gasteiger partial charge in [-0.1, -0.05) is 0 Å². The molecule has 0 aliphatic heterocycles. The lowest BCUT2D eigenvalue weighted by molar-refractivity contribution is 1.03. The second-order valence-corrected chi connectivity index (χ2v) is 2.93. The van der Waals surface area contributed by atoms with Crippen LogP contribution in [-0.2, 0) is 0 Å². The van der Waals surface area contributed by atoms with Gasteiger partial charge in [-0.25, -0.2) is 9.97 Å². The number of pyridine rings is 1. The topological polar surface area (TPSA) is 54.5 Å². The maximum Gasteiger partial charge on any atom is 0.142 e. The summed E-state index contributed by atoms with van der Waals surface area (Å²) in [6.07, 6.45) is 5.22. The molecule has 0 radical (unpaired) electrons. The Balaban J connectivity index is 2.55. The molecule has 2 heterocycles. The van der Waals surface area contributed by atoms with E-state index < -0.39 is 0 Å². The minimum absolute atomic E-state index is 0.425. The molecule has 0 bridgehead atoms. The predicted molar refractivity (Wildman–Crippen MR) is 50.8 cm³/mol. The molecule has 0 unspecified atom stereocenters. The van der Waals surface area contributed by atoms with Crippen LogP contribution in [0.3, 0.4) is 0 Å². The first-order valence-corrected chi connectivity index (χ1v) is 4.17. The Morgan fingerprint density at radius 3 is 2.93 bits per heavy atom. The number of rotatable bonds is 1. The molecule has 0 fully saturated rings. The summed E-state index contributed by atoms with van der Waals surface area (Å²) in [5.41, 5.74) is 2.16. The van der Waals surface area contributed by atoms with E-state index in [0.29, 0.717) is 5.69 Å². The third-order valence-corrected chi connectivity index (χ3v) is 1.86. The molecule has 14 heavy (non-hydrogen) atoms. The van der Waals surface area contributed by atoms with Crippen LogP contribution in [0.2, 0.25) is 0 Å². The molecule has 0 spiro atoms. The highest BCUT2D eigenvalue weighted by Crippen LogP contribution is 2.09. The fraction of sp³-hybridized carbons (Fsp3) is 0.100. The Labute approximate surface area is 81.5 Å². The van der Waals surface area contributed by atoms with Crippen molar-refractivity contribution in [1.29, 1.82) is 5.26 Å². The first-order chi connectivity index (χ1) is 6.79. The van der Waals surface area contributed by atoms with Gasteiger partial charge >= 0.3 is 0 Å². The Hall–Kier alpha value is -2.15. The van der Waals surface area contributed by atoms with E-state index in [4.69, 9.17) is 5.26 Å². The second-order valence-electron chi connectivity index (χ2n) is 2.93. The van der Waals surface area contributed by atoms with Gasteiger partial charge in [0.15, 0.2) is 0 Å². The van der Waals surface area contributed by atoms with E-state index in [0.717, 1.165) is 11.4 Å². The van der Waals surface area contributed by atoms with Crippen LogP contribution in [0, 0.1) is 18.3 Å². The summed E-state index contributed by atoms with van der Waals surface area (Å²) in [6, 6.07) is 5.66. The molecule has 0 N–H and O–H groups in total. The number of hydrogen-bond acceptors (Lipinski definition) is 3. The van der Waals surface area contributed by atoms with Gasteiger partial charge in [-0.3, -0.25) is 0 Å². The van der Waals surface area contributed by atoms with Gasteiger partial charge in [-0.15, -0.1) is 0 Å². The highest BCUT2D eigenvalue weighted by Gasteiger charge is 2.00. The van der Waals surface area contributed by atoms with Crippen molar-refractivity contribution in [3.05, 3.63) is 42.2 Å². The van der Waals surface area contributed by atoms with E-state index in [-0.39, 0.29) is 0 Å². The summed E-state index contributed by atoms with van der Waals surface area (Å²) < 4.78 is 1.84. The third kappa shape index (κ3) is 1.48. The first-order valence-electron chi connectivity index (χ1n) is 4.17. The first kappa shape index (κ1) is 8.45. The molecular formula is C10H8N4. The van der Waals surface area contributed by atoms with Crippen molar-refractivity contribution in [2.75, 3.05) is 0 Å². The number of imidazole rings is 1. The lowest BCUT2D eigenvalue weighted by Crippen LogP contribution is -1.95. The van der Waals surface area contributed by atoms with Crippen molar-refractivity contribution in [2.24, 2.45) is 0 Å². The minimum atomic E-state index is 0.425. The van der Waals surface area contributed by atoms with Crippen molar-refractivity contribution >= 4 is 0 Å². The lowest BCUT2D eigenvalue weighted by atomic mass is 10.3. The molecule has 2 aromatic rings. The van der Waals surface area contributed by atoms with E-state index in [2.05, 4.69) is 9.97 Å². The van der Waals surface area contributed by atoms with Crippen LogP contribution in [0.4, 0.5) is 0 Å². The standard InChI is InChI=1S/C10H8N4/c1-8-4-10(5-9(6-11)13-8)14-3-2-12-7-14/h2-5,7H,1H3. The fourth-order valence-corrected chi connectivity index (χ4v) is 1.27. The van der Waals surface area contributed by atoms with Crippen molar-refractivity contribution < 1.29 is 0 Å². The largest absolute Gasteiger partial charge is 0.306 e. The van der Waals surface area contributed by atoms with Crippen LogP contribution in [0.5, 0.6) is 0 Å². The summed E-state index contributed by atoms with van der Waals surface area (Å²) in [5, 5.41) is 8.75. The smallest absolute Gasteiger partial charge is 0.142 e. The van der Waals surface area contributed by atoms with Crippen molar-refractivity contribution in [1.82, 2.24) is 14.5 Å². The molecule has 0 aromatic carbocycles. The molecule has 4 heteroatoms. The maximum absolute atomic E-state index is 8.75. The third-order valence-electron chi connectivity index (χ3n) is 1.86. The Bertz CT molecular complexity index is 479. The van der Waals surface area contributed by atoms with Crippen LogP contribution in [-0.4, -0.2) is 14.5 Å². The summed E-state index contributed by atoms with van der Waals surface area (Å²) in [6.45, 7) is 1.86. The van der Waals surface area contributed by atoms with Crippen LogP contribution in [0.15, 0.2) is 30.9 Å². The minimum Gasteiger partial charge on any atom is -0.306 e. The monoisotopic (exact) mass is 184 g/mol. The average molecular weight is 184 g/mol. The zero-order valence-electron chi connectivity index (χ0n) is 7.68. The second kappa shape index (κ2) is 3.30. The summed E-state index contributed by atoms with van der Waals surface area (Å²) in [4.78, 5) is 8.01. The van der Waals surface area contributed by atoms with Crippen molar-refractivity contribution in [3.63, 3.8) is 0 Å². The number of nitrogens with zero attached hydrogens (tertiary/aromatic N) is 4. The molecular weight excluding hydrogens is 176 g/mol. The molecule has 4 nitrogen and oxygen atoms in total. The van der Waals surface area contributed by atoms with E-state index in [1.165, 1.54) is 0 Å². The lowest BCUT2D eigenvalue weighted by Gasteiger charge is -2.02. The molecule has 0 saturated heterocycles. The predicted octanol–water partition coefficient (Wildman–Crippen LogP) is 1.45. The average Bonchev–Trinajstić information content (AvgIpc) is 2.69. The van der Waals surface area contributed by atoms with Gasteiger partial charge in [0.05, 0.1) is 12.0 Å². The summed E-state index contributed by atoms with van der Waals surface area (Å²) in [5.74, 6) is 0. The molecule has 2 aromatic heterocycles. The number of aryl methyl sites for hydroxylation is 1. The molecule has 0 aliphatic rings. The number of nitriles is 1. The van der Waals surface area contributed by atoms with Crippen LogP contribution < -0.4 is 0 Å². The van der Waals surface area contributed by atoms with Gasteiger partial charge < -0.3 is 4.57 Å². The van der Waals surface area contributed by atoms with Crippen LogP contribution >= 0.6 is 0 Å². The van der Waals surface area contributed by atoms with Gasteiger partial charge in [0.25, 0.3) is 0 Å². The Kier molecular flexibility index (Phi) is 1.99. The zero-order chi connectivity index (χ0) is 9.97. The van der Waals surface area contributed by atoms with Gasteiger partial charge in [0.1, 0.15) is 11.8 Å². The van der Waals surface area contributed by atoms with Gasteiger partial charge in [0.2, 0.25) is 0 Å². The number of hydrogen-bond donors (Lipinski definition) is 0. The quantitative estimate of drug-likeness (QED) is 0.674. The highest BCUT2D eigenvalue weighted by molar-refractivity contribution is 5.38. The van der Waals surface area contributed by atoms with Crippen molar-refractivity contribution in [3.8, 4) is 11.8 Å². The van der Waals surface area contributed by atoms with Crippen LogP contribution in [0.1, 0.15) is 11.4 Å². The summed E-state index contributed by atoms with van der Waals surface area (Å²) in [7, 11) is 0. The van der Waals surface area contributed by atoms with E-state index >= 15 is 0 Å². The molecule has 0 amide bonds.